The molecule has 9 nitrogen and oxygen atoms in total. The van der Waals surface area contributed by atoms with Crippen molar-refractivity contribution in [2.45, 2.75) is 32.9 Å². The van der Waals surface area contributed by atoms with Crippen LogP contribution in [0.4, 0.5) is 0 Å². The second-order valence-corrected chi connectivity index (χ2v) is 5.17. The number of aromatic nitrogens is 3. The summed E-state index contributed by atoms with van der Waals surface area (Å²) in [7, 11) is 3.23. The van der Waals surface area contributed by atoms with Crippen LogP contribution in [0.25, 0.3) is 0 Å². The zero-order valence-corrected chi connectivity index (χ0v) is 13.2. The number of hydrogen-bond acceptors (Lipinski definition) is 5. The highest BCUT2D eigenvalue weighted by Crippen LogP contribution is 2.09. The van der Waals surface area contributed by atoms with E-state index in [1.165, 1.54) is 20.7 Å². The number of carboxylic acids is 1. The van der Waals surface area contributed by atoms with Crippen LogP contribution in [0.1, 0.15) is 30.8 Å². The molecular formula is C13H21N5O4. The largest absolute Gasteiger partial charge is 0.480 e. The van der Waals surface area contributed by atoms with E-state index in [4.69, 9.17) is 5.11 Å². The normalized spacial score (nSPS) is 11.8. The third-order valence-electron chi connectivity index (χ3n) is 3.24. The highest BCUT2D eigenvalue weighted by Gasteiger charge is 2.25. The highest BCUT2D eigenvalue weighted by molar-refractivity contribution is 5.94. The van der Waals surface area contributed by atoms with Gasteiger partial charge in [0.1, 0.15) is 13.1 Å². The Bertz CT molecular complexity index is 554. The number of likely N-dealkylation sites (N-methyl/N-ethyl adjacent to an activating group) is 1. The number of aliphatic carboxylic acids is 1. The van der Waals surface area contributed by atoms with Crippen LogP contribution in [-0.2, 0) is 16.1 Å². The second kappa shape index (κ2) is 7.53. The van der Waals surface area contributed by atoms with E-state index in [1.54, 1.807) is 21.0 Å². The van der Waals surface area contributed by atoms with Gasteiger partial charge in [0.05, 0.1) is 6.20 Å². The predicted molar refractivity (Wildman–Crippen MR) is 77.1 cm³/mol. The molecule has 1 aromatic rings. The van der Waals surface area contributed by atoms with Gasteiger partial charge < -0.3 is 14.9 Å². The Morgan fingerprint density at radius 1 is 1.36 bits per heavy atom. The van der Waals surface area contributed by atoms with Gasteiger partial charge in [0.15, 0.2) is 5.69 Å². The molecule has 22 heavy (non-hydrogen) atoms. The average Bonchev–Trinajstić information content (AvgIpc) is 2.91. The van der Waals surface area contributed by atoms with Crippen molar-refractivity contribution in [1.29, 1.82) is 0 Å². The first-order chi connectivity index (χ1) is 10.3. The quantitative estimate of drug-likeness (QED) is 0.740. The summed E-state index contributed by atoms with van der Waals surface area (Å²) in [5, 5.41) is 16.4. The van der Waals surface area contributed by atoms with Crippen LogP contribution in [0.5, 0.6) is 0 Å². The second-order valence-electron chi connectivity index (χ2n) is 5.17. The third-order valence-corrected chi connectivity index (χ3v) is 3.24. The van der Waals surface area contributed by atoms with Gasteiger partial charge in [0.2, 0.25) is 5.91 Å². The number of rotatable bonds is 7. The van der Waals surface area contributed by atoms with E-state index < -0.39 is 18.4 Å². The molecule has 0 aliphatic rings. The molecule has 0 saturated carbocycles. The van der Waals surface area contributed by atoms with Gasteiger partial charge in [-0.05, 0) is 13.3 Å². The molecule has 0 radical (unpaired) electrons. The van der Waals surface area contributed by atoms with E-state index in [1.807, 2.05) is 6.92 Å². The van der Waals surface area contributed by atoms with Crippen molar-refractivity contribution in [3.05, 3.63) is 11.9 Å². The maximum absolute atomic E-state index is 12.4. The minimum absolute atomic E-state index is 0.0214. The molecule has 0 bridgehead atoms. The zero-order chi connectivity index (χ0) is 16.9. The SMILES string of the molecule is CCC(C)N(CC(=O)O)C(=O)c1cn(CC(=O)N(C)C)nn1. The molecule has 1 N–H and O–H groups in total. The minimum Gasteiger partial charge on any atom is -0.480 e. The average molecular weight is 311 g/mol. The van der Waals surface area contributed by atoms with Crippen molar-refractivity contribution < 1.29 is 19.5 Å². The first-order valence-corrected chi connectivity index (χ1v) is 6.89. The summed E-state index contributed by atoms with van der Waals surface area (Å²) in [6.45, 7) is 3.19. The van der Waals surface area contributed by atoms with E-state index in [0.717, 1.165) is 0 Å². The van der Waals surface area contributed by atoms with Crippen LogP contribution in [0.15, 0.2) is 6.20 Å². The molecule has 2 amide bonds. The molecule has 9 heteroatoms. The van der Waals surface area contributed by atoms with Crippen molar-refractivity contribution in [2.75, 3.05) is 20.6 Å². The number of amides is 2. The fourth-order valence-electron chi connectivity index (χ4n) is 1.69. The van der Waals surface area contributed by atoms with Crippen LogP contribution in [0, 0.1) is 0 Å². The summed E-state index contributed by atoms with van der Waals surface area (Å²) in [5.74, 6) is -1.79. The van der Waals surface area contributed by atoms with Gasteiger partial charge in [-0.25, -0.2) is 4.68 Å². The minimum atomic E-state index is -1.09. The number of carbonyl (C=O) groups is 3. The van der Waals surface area contributed by atoms with E-state index in [2.05, 4.69) is 10.3 Å². The lowest BCUT2D eigenvalue weighted by Gasteiger charge is -2.25. The fourth-order valence-corrected chi connectivity index (χ4v) is 1.69. The summed E-state index contributed by atoms with van der Waals surface area (Å²) >= 11 is 0. The van der Waals surface area contributed by atoms with Crippen LogP contribution in [0.3, 0.4) is 0 Å². The standard InChI is InChI=1S/C13H21N5O4/c1-5-9(2)18(8-12(20)21)13(22)10-6-17(15-14-10)7-11(19)16(3)4/h6,9H,5,7-8H2,1-4H3,(H,20,21). The van der Waals surface area contributed by atoms with Crippen LogP contribution < -0.4 is 0 Å². The smallest absolute Gasteiger partial charge is 0.323 e. The summed E-state index contributed by atoms with van der Waals surface area (Å²) in [6, 6.07) is -0.239. The molecule has 1 heterocycles. The first kappa shape index (κ1) is 17.6. The Labute approximate surface area is 128 Å². The zero-order valence-electron chi connectivity index (χ0n) is 13.2. The maximum atomic E-state index is 12.4. The van der Waals surface area contributed by atoms with E-state index in [0.29, 0.717) is 6.42 Å². The fraction of sp³-hybridized carbons (Fsp3) is 0.615. The van der Waals surface area contributed by atoms with Crippen molar-refractivity contribution in [3.63, 3.8) is 0 Å². The molecule has 1 rings (SSSR count). The molecule has 1 unspecified atom stereocenters. The molecule has 0 aromatic carbocycles. The molecule has 122 valence electrons. The Hall–Kier alpha value is -2.45. The van der Waals surface area contributed by atoms with Gasteiger partial charge in [0, 0.05) is 20.1 Å². The van der Waals surface area contributed by atoms with Crippen LogP contribution in [-0.4, -0.2) is 74.4 Å². The lowest BCUT2D eigenvalue weighted by Crippen LogP contribution is -2.42. The lowest BCUT2D eigenvalue weighted by molar-refractivity contribution is -0.138. The summed E-state index contributed by atoms with van der Waals surface area (Å²) < 4.78 is 1.26. The predicted octanol–water partition coefficient (Wildman–Crippen LogP) is -0.308. The Kier molecular flexibility index (Phi) is 6.02. The van der Waals surface area contributed by atoms with Crippen molar-refractivity contribution in [1.82, 2.24) is 24.8 Å². The van der Waals surface area contributed by atoms with Gasteiger partial charge in [-0.15, -0.1) is 5.10 Å². The van der Waals surface area contributed by atoms with Gasteiger partial charge in [-0.2, -0.15) is 0 Å². The maximum Gasteiger partial charge on any atom is 0.323 e. The van der Waals surface area contributed by atoms with Crippen molar-refractivity contribution in [3.8, 4) is 0 Å². The molecule has 1 atom stereocenters. The van der Waals surface area contributed by atoms with E-state index in [9.17, 15) is 14.4 Å². The number of carboxylic acid groups (broad SMARTS) is 1. The van der Waals surface area contributed by atoms with Gasteiger partial charge in [-0.3, -0.25) is 14.4 Å². The lowest BCUT2D eigenvalue weighted by atomic mass is 10.2. The van der Waals surface area contributed by atoms with Crippen LogP contribution >= 0.6 is 0 Å². The Balaban J connectivity index is 2.89. The first-order valence-electron chi connectivity index (χ1n) is 6.89. The van der Waals surface area contributed by atoms with Crippen molar-refractivity contribution in [2.24, 2.45) is 0 Å². The van der Waals surface area contributed by atoms with Gasteiger partial charge >= 0.3 is 5.97 Å². The molecular weight excluding hydrogens is 290 g/mol. The molecule has 0 spiro atoms. The van der Waals surface area contributed by atoms with E-state index in [-0.39, 0.29) is 24.2 Å². The summed E-state index contributed by atoms with van der Waals surface area (Å²) in [6.07, 6.45) is 1.97. The highest BCUT2D eigenvalue weighted by atomic mass is 16.4. The topological polar surface area (TPSA) is 109 Å². The number of hydrogen-bond donors (Lipinski definition) is 1. The molecule has 1 aromatic heterocycles. The number of carbonyl (C=O) groups excluding carboxylic acids is 2. The van der Waals surface area contributed by atoms with Gasteiger partial charge in [0.25, 0.3) is 5.91 Å². The Morgan fingerprint density at radius 3 is 2.50 bits per heavy atom. The molecule has 0 aliphatic carbocycles. The monoisotopic (exact) mass is 311 g/mol. The van der Waals surface area contributed by atoms with Crippen LogP contribution in [0.2, 0.25) is 0 Å². The summed E-state index contributed by atoms with van der Waals surface area (Å²) in [5.41, 5.74) is 0.0214. The van der Waals surface area contributed by atoms with Crippen molar-refractivity contribution >= 4 is 17.8 Å². The van der Waals surface area contributed by atoms with Gasteiger partial charge in [-0.1, -0.05) is 12.1 Å². The van der Waals surface area contributed by atoms with E-state index >= 15 is 0 Å². The number of nitrogens with zero attached hydrogens (tertiary/aromatic N) is 5. The molecule has 0 saturated heterocycles. The third kappa shape index (κ3) is 4.54. The molecule has 0 aliphatic heterocycles. The molecule has 0 fully saturated rings. The summed E-state index contributed by atoms with van der Waals surface area (Å²) in [4.78, 5) is 37.5. The Morgan fingerprint density at radius 2 is 2.00 bits per heavy atom.